The first-order valence-corrected chi connectivity index (χ1v) is 8.44. The van der Waals surface area contributed by atoms with Crippen LogP contribution in [-0.4, -0.2) is 36.9 Å². The van der Waals surface area contributed by atoms with Crippen LogP contribution >= 0.6 is 23.4 Å². The minimum absolute atomic E-state index is 0.356. The highest BCUT2D eigenvalue weighted by atomic mass is 35.5. The molecule has 6 heteroatoms. The smallest absolute Gasteiger partial charge is 0.151 e. The Morgan fingerprint density at radius 3 is 2.62 bits per heavy atom. The molecule has 0 spiro atoms. The van der Waals surface area contributed by atoms with Crippen molar-refractivity contribution in [2.45, 2.75) is 11.7 Å². The molecule has 90 valence electrons. The molecule has 0 saturated carbocycles. The molecule has 0 saturated heterocycles. The molecule has 1 aromatic rings. The molecular weight excluding hydrogens is 266 g/mol. The zero-order chi connectivity index (χ0) is 12.2. The summed E-state index contributed by atoms with van der Waals surface area (Å²) >= 11 is 7.20. The summed E-state index contributed by atoms with van der Waals surface area (Å²) in [7, 11) is -3.02. The van der Waals surface area contributed by atoms with Crippen molar-refractivity contribution in [2.24, 2.45) is 0 Å². The Morgan fingerprint density at radius 1 is 1.50 bits per heavy atom. The minimum atomic E-state index is -3.02. The fourth-order valence-electron chi connectivity index (χ4n) is 1.31. The number of halogens is 1. The monoisotopic (exact) mass is 279 g/mol. The van der Waals surface area contributed by atoms with E-state index in [0.29, 0.717) is 17.3 Å². The summed E-state index contributed by atoms with van der Waals surface area (Å²) in [5.74, 6) is 0.599. The van der Waals surface area contributed by atoms with Gasteiger partial charge in [0.1, 0.15) is 5.15 Å². The largest absolute Gasteiger partial charge is 0.244 e. The number of aromatic nitrogens is 1. The van der Waals surface area contributed by atoms with Gasteiger partial charge in [0.05, 0.1) is 5.25 Å². The predicted octanol–water partition coefficient (Wildman–Crippen LogP) is 2.05. The zero-order valence-corrected chi connectivity index (χ0v) is 11.6. The lowest BCUT2D eigenvalue weighted by molar-refractivity contribution is 0.589. The van der Waals surface area contributed by atoms with Gasteiger partial charge in [-0.2, -0.15) is 11.8 Å². The Morgan fingerprint density at radius 2 is 2.19 bits per heavy atom. The number of nitrogens with zero attached hydrogens (tertiary/aromatic N) is 1. The van der Waals surface area contributed by atoms with E-state index in [4.69, 9.17) is 11.6 Å². The minimum Gasteiger partial charge on any atom is -0.244 e. The number of pyridine rings is 1. The molecule has 3 nitrogen and oxygen atoms in total. The molecule has 0 amide bonds. The highest BCUT2D eigenvalue weighted by molar-refractivity contribution is 8.00. The van der Waals surface area contributed by atoms with E-state index in [0.717, 1.165) is 5.56 Å². The topological polar surface area (TPSA) is 47.0 Å². The van der Waals surface area contributed by atoms with Crippen LogP contribution in [-0.2, 0) is 16.3 Å². The predicted molar refractivity (Wildman–Crippen MR) is 70.0 cm³/mol. The summed E-state index contributed by atoms with van der Waals surface area (Å²) in [5.41, 5.74) is 0.897. The van der Waals surface area contributed by atoms with Crippen LogP contribution in [0.4, 0.5) is 0 Å². The quantitative estimate of drug-likeness (QED) is 0.774. The first-order valence-electron chi connectivity index (χ1n) is 4.71. The van der Waals surface area contributed by atoms with E-state index in [1.54, 1.807) is 12.3 Å². The Bertz CT molecular complexity index is 431. The second kappa shape index (κ2) is 5.89. The average Bonchev–Trinajstić information content (AvgIpc) is 2.19. The van der Waals surface area contributed by atoms with Crippen molar-refractivity contribution in [1.29, 1.82) is 0 Å². The van der Waals surface area contributed by atoms with Crippen LogP contribution in [0, 0.1) is 0 Å². The highest BCUT2D eigenvalue weighted by Crippen LogP contribution is 2.14. The number of hydrogen-bond donors (Lipinski definition) is 0. The lowest BCUT2D eigenvalue weighted by Crippen LogP contribution is -2.25. The molecule has 0 N–H and O–H groups in total. The summed E-state index contributed by atoms with van der Waals surface area (Å²) < 4.78 is 23.1. The van der Waals surface area contributed by atoms with Gasteiger partial charge in [0.15, 0.2) is 9.84 Å². The third kappa shape index (κ3) is 4.31. The zero-order valence-electron chi connectivity index (χ0n) is 9.18. The van der Waals surface area contributed by atoms with Crippen LogP contribution in [0.5, 0.6) is 0 Å². The van der Waals surface area contributed by atoms with E-state index in [-0.39, 0.29) is 5.25 Å². The second-order valence-electron chi connectivity index (χ2n) is 3.60. The van der Waals surface area contributed by atoms with Gasteiger partial charge in [-0.1, -0.05) is 17.7 Å². The Kier molecular flexibility index (Phi) is 5.08. The number of thioether (sulfide) groups is 1. The van der Waals surface area contributed by atoms with Crippen molar-refractivity contribution in [3.63, 3.8) is 0 Å². The molecule has 1 unspecified atom stereocenters. The Labute approximate surface area is 106 Å². The summed E-state index contributed by atoms with van der Waals surface area (Å²) in [6, 6.07) is 3.49. The van der Waals surface area contributed by atoms with Crippen molar-refractivity contribution >= 4 is 33.2 Å². The molecule has 0 aliphatic rings. The van der Waals surface area contributed by atoms with Gasteiger partial charge in [-0.3, -0.25) is 0 Å². The van der Waals surface area contributed by atoms with Crippen LogP contribution in [0.3, 0.4) is 0 Å². The van der Waals surface area contributed by atoms with Crippen LogP contribution in [0.2, 0.25) is 5.15 Å². The molecule has 0 aliphatic heterocycles. The van der Waals surface area contributed by atoms with Crippen molar-refractivity contribution in [1.82, 2.24) is 4.98 Å². The van der Waals surface area contributed by atoms with Crippen LogP contribution in [0.15, 0.2) is 18.3 Å². The van der Waals surface area contributed by atoms with Crippen LogP contribution in [0.25, 0.3) is 0 Å². The van der Waals surface area contributed by atoms with E-state index >= 15 is 0 Å². The average molecular weight is 280 g/mol. The lowest BCUT2D eigenvalue weighted by atomic mass is 10.2. The molecule has 0 aliphatic carbocycles. The molecule has 1 atom stereocenters. The normalized spacial score (nSPS) is 13.7. The van der Waals surface area contributed by atoms with Gasteiger partial charge in [0, 0.05) is 18.2 Å². The number of hydrogen-bond acceptors (Lipinski definition) is 4. The fourth-order valence-corrected chi connectivity index (χ4v) is 3.80. The number of rotatable bonds is 5. The molecule has 1 heterocycles. The van der Waals surface area contributed by atoms with Crippen molar-refractivity contribution in [2.75, 3.05) is 18.3 Å². The van der Waals surface area contributed by atoms with Gasteiger partial charge in [0.2, 0.25) is 0 Å². The van der Waals surface area contributed by atoms with Crippen molar-refractivity contribution in [3.8, 4) is 0 Å². The maximum atomic E-state index is 11.5. The van der Waals surface area contributed by atoms with Gasteiger partial charge >= 0.3 is 0 Å². The number of sulfone groups is 1. The van der Waals surface area contributed by atoms with Gasteiger partial charge in [0.25, 0.3) is 0 Å². The molecular formula is C10H14ClNO2S2. The third-order valence-corrected chi connectivity index (χ3v) is 4.92. The van der Waals surface area contributed by atoms with E-state index < -0.39 is 9.84 Å². The summed E-state index contributed by atoms with van der Waals surface area (Å²) in [6.07, 6.45) is 5.29. The molecule has 0 aromatic carbocycles. The van der Waals surface area contributed by atoms with Gasteiger partial charge in [-0.15, -0.1) is 0 Å². The standard InChI is InChI=1S/C10H14ClNO2S2/c1-15-7-9(16(2,13)14)5-8-3-4-10(11)12-6-8/h3-4,6,9H,5,7H2,1-2H3. The van der Waals surface area contributed by atoms with Gasteiger partial charge in [-0.05, 0) is 24.3 Å². The van der Waals surface area contributed by atoms with Crippen molar-refractivity contribution in [3.05, 3.63) is 29.0 Å². The van der Waals surface area contributed by atoms with Gasteiger partial charge < -0.3 is 0 Å². The lowest BCUT2D eigenvalue weighted by Gasteiger charge is -2.13. The van der Waals surface area contributed by atoms with E-state index in [9.17, 15) is 8.42 Å². The maximum absolute atomic E-state index is 11.5. The summed E-state index contributed by atoms with van der Waals surface area (Å²) in [4.78, 5) is 3.94. The summed E-state index contributed by atoms with van der Waals surface area (Å²) in [6.45, 7) is 0. The fraction of sp³-hybridized carbons (Fsp3) is 0.500. The van der Waals surface area contributed by atoms with E-state index in [1.165, 1.54) is 18.0 Å². The molecule has 1 aromatic heterocycles. The van der Waals surface area contributed by atoms with Crippen molar-refractivity contribution < 1.29 is 8.42 Å². The van der Waals surface area contributed by atoms with Crippen LogP contribution in [0.1, 0.15) is 5.56 Å². The molecule has 1 rings (SSSR count). The SMILES string of the molecule is CSCC(Cc1ccc(Cl)nc1)S(C)(=O)=O. The second-order valence-corrected chi connectivity index (χ2v) is 7.22. The molecule has 0 radical (unpaired) electrons. The third-order valence-electron chi connectivity index (χ3n) is 2.21. The first kappa shape index (κ1) is 13.8. The maximum Gasteiger partial charge on any atom is 0.151 e. The van der Waals surface area contributed by atoms with E-state index in [2.05, 4.69) is 4.98 Å². The molecule has 0 fully saturated rings. The molecule has 0 bridgehead atoms. The first-order chi connectivity index (χ1) is 7.43. The highest BCUT2D eigenvalue weighted by Gasteiger charge is 2.20. The molecule has 16 heavy (non-hydrogen) atoms. The Balaban J connectivity index is 2.80. The summed E-state index contributed by atoms with van der Waals surface area (Å²) in [5, 5.41) is 0.0648. The van der Waals surface area contributed by atoms with E-state index in [1.807, 2.05) is 12.3 Å². The van der Waals surface area contributed by atoms with Gasteiger partial charge in [-0.25, -0.2) is 13.4 Å². The Hall–Kier alpha value is -0.260. The van der Waals surface area contributed by atoms with Crippen LogP contribution < -0.4 is 0 Å².